The second kappa shape index (κ2) is 9.97. The number of imide groups is 1. The normalized spacial score (nSPS) is 25.4. The molecule has 1 heterocycles. The summed E-state index contributed by atoms with van der Waals surface area (Å²) in [5.41, 5.74) is 2.84. The Labute approximate surface area is 236 Å². The van der Waals surface area contributed by atoms with Crippen molar-refractivity contribution < 1.29 is 39.1 Å². The van der Waals surface area contributed by atoms with Crippen molar-refractivity contribution >= 4 is 41.6 Å². The third-order valence-corrected chi connectivity index (χ3v) is 8.61. The van der Waals surface area contributed by atoms with E-state index in [9.17, 15) is 34.3 Å². The summed E-state index contributed by atoms with van der Waals surface area (Å²) < 4.78 is 5.60. The molecule has 1 aliphatic heterocycles. The number of aromatic hydroxyl groups is 1. The highest BCUT2D eigenvalue weighted by Crippen LogP contribution is 2.55. The zero-order valence-electron chi connectivity index (χ0n) is 22.5. The van der Waals surface area contributed by atoms with Crippen LogP contribution >= 0.6 is 0 Å². The molecular weight excluding hydrogens is 525 g/mol. The van der Waals surface area contributed by atoms with Crippen LogP contribution in [0.15, 0.2) is 76.9 Å². The van der Waals surface area contributed by atoms with E-state index >= 15 is 0 Å². The molecule has 4 aliphatic rings. The summed E-state index contributed by atoms with van der Waals surface area (Å²) in [6.45, 7) is 3.69. The summed E-state index contributed by atoms with van der Waals surface area (Å²) in [7, 11) is -1.76. The van der Waals surface area contributed by atoms with E-state index in [4.69, 9.17) is 4.74 Å². The quantitative estimate of drug-likeness (QED) is 0.221. The number of hydrogen-bond donors (Lipinski definition) is 3. The highest BCUT2D eigenvalue weighted by Gasteiger charge is 2.56. The van der Waals surface area contributed by atoms with Gasteiger partial charge >= 0.3 is 7.12 Å². The van der Waals surface area contributed by atoms with Crippen LogP contribution in [0.3, 0.4) is 0 Å². The number of ether oxygens (including phenoxy) is 1. The molecule has 6 rings (SSSR count). The van der Waals surface area contributed by atoms with E-state index in [1.807, 2.05) is 6.08 Å². The van der Waals surface area contributed by atoms with Crippen LogP contribution in [0.5, 0.6) is 11.5 Å². The molecule has 3 aliphatic carbocycles. The predicted molar refractivity (Wildman–Crippen MR) is 149 cm³/mol. The molecule has 0 radical (unpaired) electrons. The van der Waals surface area contributed by atoms with Crippen molar-refractivity contribution in [2.45, 2.75) is 32.6 Å². The molecule has 41 heavy (non-hydrogen) atoms. The fourth-order valence-corrected chi connectivity index (χ4v) is 6.82. The number of Topliss-reactive ketones (excluding diaryl/α,β-unsaturated/α-hetero) is 1. The topological polar surface area (TPSA) is 141 Å². The average Bonchev–Trinajstić information content (AvgIpc) is 3.21. The Kier molecular flexibility index (Phi) is 6.55. The minimum absolute atomic E-state index is 0.0564. The molecule has 208 valence electrons. The Balaban J connectivity index is 1.47. The van der Waals surface area contributed by atoms with Gasteiger partial charge in [0.05, 0.1) is 24.1 Å². The van der Waals surface area contributed by atoms with Gasteiger partial charge in [0.2, 0.25) is 11.8 Å². The number of anilines is 1. The number of phenols is 1. The van der Waals surface area contributed by atoms with E-state index in [-0.39, 0.29) is 53.0 Å². The van der Waals surface area contributed by atoms with Gasteiger partial charge in [-0.25, -0.2) is 0 Å². The number of phenolic OH excluding ortho intramolecular Hbond substituents is 1. The average molecular weight is 553 g/mol. The molecule has 1 saturated heterocycles. The number of fused-ring (bicyclic) bond motifs is 3. The van der Waals surface area contributed by atoms with E-state index in [1.165, 1.54) is 24.3 Å². The van der Waals surface area contributed by atoms with Gasteiger partial charge in [-0.05, 0) is 74.0 Å². The smallest absolute Gasteiger partial charge is 0.488 e. The third kappa shape index (κ3) is 4.17. The molecule has 9 nitrogen and oxygen atoms in total. The molecule has 3 N–H and O–H groups in total. The molecule has 4 atom stereocenters. The van der Waals surface area contributed by atoms with Gasteiger partial charge in [0.1, 0.15) is 0 Å². The molecule has 0 aromatic heterocycles. The maximum Gasteiger partial charge on any atom is 0.488 e. The fraction of sp³-hybridized carbons (Fsp3) is 0.290. The van der Waals surface area contributed by atoms with Gasteiger partial charge in [-0.1, -0.05) is 29.8 Å². The molecule has 10 heteroatoms. The number of carbonyl (C=O) groups excluding carboxylic acids is 4. The Hall–Kier alpha value is -4.28. The fourth-order valence-electron chi connectivity index (χ4n) is 6.82. The molecule has 0 spiro atoms. The highest BCUT2D eigenvalue weighted by atomic mass is 16.5. The van der Waals surface area contributed by atoms with E-state index in [1.54, 1.807) is 38.1 Å². The van der Waals surface area contributed by atoms with Crippen LogP contribution < -0.4 is 15.1 Å². The first-order valence-electron chi connectivity index (χ1n) is 13.6. The number of ketones is 2. The molecule has 0 bridgehead atoms. The van der Waals surface area contributed by atoms with Crippen LogP contribution in [0.1, 0.15) is 38.2 Å². The number of carbonyl (C=O) groups is 4. The van der Waals surface area contributed by atoms with Gasteiger partial charge in [-0.2, -0.15) is 0 Å². The molecule has 1 fully saturated rings. The molecule has 0 saturated carbocycles. The Morgan fingerprint density at radius 2 is 1.80 bits per heavy atom. The SMILES string of the molecule is CCOc1cc([C@H]2C3=CC[C@@H]4C(=O)N(c5cccc(B(O)O)c5)C(=O)[C@@H]4[C@@H]3CC3=C2C(=O)C=C(C)C3=O)ccc1O. The third-order valence-electron chi connectivity index (χ3n) is 8.61. The minimum Gasteiger partial charge on any atom is -0.504 e. The van der Waals surface area contributed by atoms with Gasteiger partial charge in [0.15, 0.2) is 23.1 Å². The molecule has 0 unspecified atom stereocenters. The van der Waals surface area contributed by atoms with Crippen LogP contribution in [0.2, 0.25) is 0 Å². The standard InChI is InChI=1S/C31H28BNO8/c1-3-41-25-12-16(7-10-23(25)34)26-19-8-9-20-27(21(19)14-22-28(26)24(35)11-15(2)29(22)36)31(38)33(30(20)37)18-6-4-5-17(13-18)32(39)40/h4-8,10-13,20-21,26-27,34,39-40H,3,9,14H2,1-2H3/t20-,21+,26-,27-/m0/s1. The Morgan fingerprint density at radius 1 is 1.02 bits per heavy atom. The minimum atomic E-state index is -1.76. The lowest BCUT2D eigenvalue weighted by molar-refractivity contribution is -0.123. The second-order valence-electron chi connectivity index (χ2n) is 10.9. The zero-order valence-corrected chi connectivity index (χ0v) is 22.5. The summed E-state index contributed by atoms with van der Waals surface area (Å²) in [6, 6.07) is 10.8. The van der Waals surface area contributed by atoms with E-state index < -0.39 is 36.7 Å². The van der Waals surface area contributed by atoms with Crippen LogP contribution in [0, 0.1) is 17.8 Å². The number of hydrogen-bond acceptors (Lipinski definition) is 8. The van der Waals surface area contributed by atoms with Gasteiger partial charge in [0, 0.05) is 22.6 Å². The summed E-state index contributed by atoms with van der Waals surface area (Å²) in [5.74, 6) is -3.75. The van der Waals surface area contributed by atoms with E-state index in [0.717, 1.165) is 10.5 Å². The van der Waals surface area contributed by atoms with Gasteiger partial charge in [-0.3, -0.25) is 24.1 Å². The molecular formula is C31H28BNO8. The van der Waals surface area contributed by atoms with Crippen LogP contribution in [0.4, 0.5) is 5.69 Å². The Bertz CT molecular complexity index is 1620. The summed E-state index contributed by atoms with van der Waals surface area (Å²) in [6.07, 6.45) is 3.68. The molecule has 2 aromatic rings. The summed E-state index contributed by atoms with van der Waals surface area (Å²) in [4.78, 5) is 55.6. The van der Waals surface area contributed by atoms with Crippen molar-refractivity contribution in [1.29, 1.82) is 0 Å². The first-order valence-corrected chi connectivity index (χ1v) is 13.6. The van der Waals surface area contributed by atoms with Gasteiger partial charge < -0.3 is 19.9 Å². The number of allylic oxidation sites excluding steroid dienone is 6. The Morgan fingerprint density at radius 3 is 2.54 bits per heavy atom. The maximum absolute atomic E-state index is 14.0. The predicted octanol–water partition coefficient (Wildman–Crippen LogP) is 2.10. The summed E-state index contributed by atoms with van der Waals surface area (Å²) in [5, 5.41) is 29.6. The second-order valence-corrected chi connectivity index (χ2v) is 10.9. The maximum atomic E-state index is 14.0. The zero-order chi connectivity index (χ0) is 29.2. The first-order chi connectivity index (χ1) is 19.6. The highest BCUT2D eigenvalue weighted by molar-refractivity contribution is 6.58. The van der Waals surface area contributed by atoms with Crippen molar-refractivity contribution in [3.05, 3.63) is 82.5 Å². The van der Waals surface area contributed by atoms with Crippen LogP contribution in [0.25, 0.3) is 0 Å². The lowest BCUT2D eigenvalue weighted by Gasteiger charge is -2.42. The monoisotopic (exact) mass is 553 g/mol. The van der Waals surface area contributed by atoms with Crippen LogP contribution in [-0.2, 0) is 19.2 Å². The van der Waals surface area contributed by atoms with E-state index in [0.29, 0.717) is 28.9 Å². The van der Waals surface area contributed by atoms with Crippen LogP contribution in [-0.4, -0.2) is 52.3 Å². The molecule has 2 amide bonds. The lowest BCUT2D eigenvalue weighted by Crippen LogP contribution is -2.40. The number of benzene rings is 2. The van der Waals surface area contributed by atoms with Crippen molar-refractivity contribution in [3.63, 3.8) is 0 Å². The lowest BCUT2D eigenvalue weighted by atomic mass is 9.59. The van der Waals surface area contributed by atoms with Crippen molar-refractivity contribution in [2.24, 2.45) is 17.8 Å². The largest absolute Gasteiger partial charge is 0.504 e. The molecule has 2 aromatic carbocycles. The van der Waals surface area contributed by atoms with E-state index in [2.05, 4.69) is 0 Å². The van der Waals surface area contributed by atoms with Gasteiger partial charge in [-0.15, -0.1) is 0 Å². The van der Waals surface area contributed by atoms with Crippen molar-refractivity contribution in [3.8, 4) is 11.5 Å². The number of amides is 2. The number of rotatable bonds is 5. The van der Waals surface area contributed by atoms with Crippen molar-refractivity contribution in [2.75, 3.05) is 11.5 Å². The first kappa shape index (κ1) is 26.9. The summed E-state index contributed by atoms with van der Waals surface area (Å²) >= 11 is 0. The van der Waals surface area contributed by atoms with Crippen molar-refractivity contribution in [1.82, 2.24) is 0 Å². The van der Waals surface area contributed by atoms with Gasteiger partial charge in [0.25, 0.3) is 0 Å². The number of nitrogens with zero attached hydrogens (tertiary/aromatic N) is 1.